The maximum atomic E-state index is 6.74. The van der Waals surface area contributed by atoms with Crippen molar-refractivity contribution in [1.82, 2.24) is 4.57 Å². The fraction of sp³-hybridized carbons (Fsp3) is 0.0435. The lowest BCUT2D eigenvalue weighted by molar-refractivity contribution is 0.669. The van der Waals surface area contributed by atoms with Crippen molar-refractivity contribution in [3.05, 3.63) is 161 Å². The SMILES string of the molecule is C1=c2c(sc3ccccc23)=C(N(c2ccc3c4ccc5ccccc5c4n(-c4ccccc4)c3c2)c2cccc3c2oc2ccccc23)CC1. The van der Waals surface area contributed by atoms with Crippen molar-refractivity contribution in [2.45, 2.75) is 12.8 Å². The van der Waals surface area contributed by atoms with Gasteiger partial charge in [-0.2, -0.15) is 0 Å². The molecule has 0 saturated heterocycles. The zero-order chi connectivity index (χ0) is 32.8. The average molecular weight is 659 g/mol. The fourth-order valence-corrected chi connectivity index (χ4v) is 9.53. The molecule has 0 fully saturated rings. The van der Waals surface area contributed by atoms with Crippen molar-refractivity contribution in [3.63, 3.8) is 0 Å². The van der Waals surface area contributed by atoms with Gasteiger partial charge in [0, 0.05) is 54.1 Å². The van der Waals surface area contributed by atoms with Crippen LogP contribution in [0.1, 0.15) is 12.8 Å². The number of rotatable bonds is 4. The summed E-state index contributed by atoms with van der Waals surface area (Å²) in [5.41, 5.74) is 8.88. The van der Waals surface area contributed by atoms with E-state index in [-0.39, 0.29) is 0 Å². The first-order valence-corrected chi connectivity index (χ1v) is 18.1. The van der Waals surface area contributed by atoms with Gasteiger partial charge >= 0.3 is 0 Å². The number of benzene rings is 7. The van der Waals surface area contributed by atoms with E-state index >= 15 is 0 Å². The summed E-state index contributed by atoms with van der Waals surface area (Å²) < 4.78 is 11.8. The van der Waals surface area contributed by atoms with E-state index in [1.807, 2.05) is 11.3 Å². The molecule has 1 aliphatic rings. The van der Waals surface area contributed by atoms with Crippen molar-refractivity contribution in [2.24, 2.45) is 0 Å². The van der Waals surface area contributed by atoms with E-state index in [0.717, 1.165) is 51.8 Å². The van der Waals surface area contributed by atoms with Gasteiger partial charge in [-0.25, -0.2) is 0 Å². The molecule has 0 spiro atoms. The molecule has 7 aromatic carbocycles. The highest BCUT2D eigenvalue weighted by Gasteiger charge is 2.25. The lowest BCUT2D eigenvalue weighted by atomic mass is 10.0. The number of thiophene rings is 1. The summed E-state index contributed by atoms with van der Waals surface area (Å²) in [6.45, 7) is 0. The molecule has 1 aliphatic carbocycles. The third-order valence-corrected chi connectivity index (χ3v) is 11.7. The number of aromatic nitrogens is 1. The number of fused-ring (bicyclic) bond motifs is 11. The van der Waals surface area contributed by atoms with Gasteiger partial charge in [0.05, 0.1) is 21.3 Å². The molecule has 50 heavy (non-hydrogen) atoms. The number of hydrogen-bond acceptors (Lipinski definition) is 3. The van der Waals surface area contributed by atoms with Crippen LogP contribution >= 0.6 is 11.3 Å². The first-order valence-electron chi connectivity index (χ1n) is 17.2. The van der Waals surface area contributed by atoms with Gasteiger partial charge in [-0.1, -0.05) is 115 Å². The fourth-order valence-electron chi connectivity index (χ4n) is 8.26. The van der Waals surface area contributed by atoms with E-state index < -0.39 is 0 Å². The van der Waals surface area contributed by atoms with Crippen LogP contribution in [0.3, 0.4) is 0 Å². The Morgan fingerprint density at radius 1 is 0.600 bits per heavy atom. The minimum absolute atomic E-state index is 0.908. The summed E-state index contributed by atoms with van der Waals surface area (Å²) in [5.74, 6) is 0. The van der Waals surface area contributed by atoms with Crippen LogP contribution in [0.25, 0.3) is 82.1 Å². The van der Waals surface area contributed by atoms with E-state index in [9.17, 15) is 0 Å². The third kappa shape index (κ3) is 3.97. The Morgan fingerprint density at radius 2 is 1.36 bits per heavy atom. The summed E-state index contributed by atoms with van der Waals surface area (Å²) >= 11 is 1.90. The van der Waals surface area contributed by atoms with Crippen LogP contribution in [0, 0.1) is 0 Å². The lowest BCUT2D eigenvalue weighted by Gasteiger charge is -2.29. The zero-order valence-corrected chi connectivity index (χ0v) is 28.0. The highest BCUT2D eigenvalue weighted by Crippen LogP contribution is 2.44. The van der Waals surface area contributed by atoms with Crippen LogP contribution in [-0.4, -0.2) is 4.57 Å². The van der Waals surface area contributed by atoms with Gasteiger partial charge in [-0.05, 0) is 65.9 Å². The number of para-hydroxylation sites is 3. The Bertz CT molecular complexity index is 3110. The molecule has 11 rings (SSSR count). The van der Waals surface area contributed by atoms with E-state index in [4.69, 9.17) is 4.42 Å². The highest BCUT2D eigenvalue weighted by atomic mass is 32.1. The second-order valence-corrected chi connectivity index (χ2v) is 14.2. The molecule has 0 unspecified atom stereocenters. The molecule has 0 saturated carbocycles. The van der Waals surface area contributed by atoms with Gasteiger partial charge < -0.3 is 13.9 Å². The third-order valence-electron chi connectivity index (χ3n) is 10.4. The summed E-state index contributed by atoms with van der Waals surface area (Å²) in [6.07, 6.45) is 4.34. The maximum absolute atomic E-state index is 6.74. The smallest absolute Gasteiger partial charge is 0.159 e. The molecule has 0 atom stereocenters. The highest BCUT2D eigenvalue weighted by molar-refractivity contribution is 7.17. The van der Waals surface area contributed by atoms with Crippen LogP contribution < -0.4 is 14.7 Å². The first kappa shape index (κ1) is 27.8. The van der Waals surface area contributed by atoms with E-state index in [0.29, 0.717) is 0 Å². The van der Waals surface area contributed by atoms with E-state index in [1.165, 1.54) is 58.1 Å². The monoisotopic (exact) mass is 658 g/mol. The number of anilines is 2. The molecular weight excluding hydrogens is 629 g/mol. The van der Waals surface area contributed by atoms with Crippen molar-refractivity contribution >= 4 is 99.1 Å². The number of furan rings is 1. The van der Waals surface area contributed by atoms with Crippen molar-refractivity contribution in [3.8, 4) is 5.69 Å². The molecule has 0 radical (unpaired) electrons. The molecular formula is C46H30N2OS. The molecule has 0 bridgehead atoms. The van der Waals surface area contributed by atoms with E-state index in [2.05, 4.69) is 167 Å². The topological polar surface area (TPSA) is 21.3 Å². The molecule has 3 nitrogen and oxygen atoms in total. The molecule has 0 amide bonds. The van der Waals surface area contributed by atoms with Crippen LogP contribution in [0.4, 0.5) is 11.4 Å². The predicted octanol–water partition coefficient (Wildman–Crippen LogP) is 11.6. The van der Waals surface area contributed by atoms with Gasteiger partial charge in [0.25, 0.3) is 0 Å². The van der Waals surface area contributed by atoms with Gasteiger partial charge in [0.15, 0.2) is 5.58 Å². The van der Waals surface area contributed by atoms with E-state index in [1.54, 1.807) is 0 Å². The number of nitrogens with zero attached hydrogens (tertiary/aromatic N) is 2. The Balaban J connectivity index is 1.27. The average Bonchev–Trinajstić information content (AvgIpc) is 3.86. The summed E-state index contributed by atoms with van der Waals surface area (Å²) in [4.78, 5) is 2.50. The predicted molar refractivity (Wildman–Crippen MR) is 212 cm³/mol. The summed E-state index contributed by atoms with van der Waals surface area (Å²) in [7, 11) is 0. The Kier molecular flexibility index (Phi) is 5.95. The Morgan fingerprint density at radius 3 is 2.28 bits per heavy atom. The molecule has 3 heterocycles. The second-order valence-electron chi connectivity index (χ2n) is 13.2. The minimum Gasteiger partial charge on any atom is -0.454 e. The quantitative estimate of drug-likeness (QED) is 0.188. The second kappa shape index (κ2) is 10.7. The first-order chi connectivity index (χ1) is 24.8. The standard InChI is InChI=1S/C46H30N2OS/c1-2-13-30(14-3-1)48-41-28-31(25-27-33(41)36-26-24-29-12-4-5-15-32(29)44(36)48)47(39-20-10-18-37-34-16-6-8-22-42(34)49-45(37)39)40-21-11-19-38-35-17-7-9-23-43(35)50-46(38)40/h1-10,12-20,22-28H,11,21H2. The van der Waals surface area contributed by atoms with Gasteiger partial charge in [-0.3, -0.25) is 0 Å². The lowest BCUT2D eigenvalue weighted by Crippen LogP contribution is -2.32. The Hall–Kier alpha value is -6.10. The molecule has 10 aromatic rings. The Labute approximate surface area is 291 Å². The summed E-state index contributed by atoms with van der Waals surface area (Å²) in [6, 6.07) is 54.9. The van der Waals surface area contributed by atoms with Gasteiger partial charge in [0.2, 0.25) is 0 Å². The van der Waals surface area contributed by atoms with Gasteiger partial charge in [-0.15, -0.1) is 11.3 Å². The normalized spacial score (nSPS) is 13.2. The van der Waals surface area contributed by atoms with Crippen LogP contribution in [0.5, 0.6) is 0 Å². The zero-order valence-electron chi connectivity index (χ0n) is 27.1. The van der Waals surface area contributed by atoms with Crippen molar-refractivity contribution in [2.75, 3.05) is 4.90 Å². The van der Waals surface area contributed by atoms with Crippen LogP contribution in [0.2, 0.25) is 0 Å². The summed E-state index contributed by atoms with van der Waals surface area (Å²) in [5, 5.41) is 9.94. The minimum atomic E-state index is 0.908. The maximum Gasteiger partial charge on any atom is 0.159 e. The molecule has 0 N–H and O–H groups in total. The number of hydrogen-bond donors (Lipinski definition) is 0. The molecule has 236 valence electrons. The largest absolute Gasteiger partial charge is 0.454 e. The molecule has 0 aliphatic heterocycles. The van der Waals surface area contributed by atoms with Crippen molar-refractivity contribution in [1.29, 1.82) is 0 Å². The molecule has 4 heteroatoms. The molecule has 3 aromatic heterocycles. The van der Waals surface area contributed by atoms with Crippen molar-refractivity contribution < 1.29 is 4.42 Å². The van der Waals surface area contributed by atoms with Crippen LogP contribution in [0.15, 0.2) is 156 Å². The van der Waals surface area contributed by atoms with Gasteiger partial charge in [0.1, 0.15) is 5.58 Å². The van der Waals surface area contributed by atoms with Crippen LogP contribution in [-0.2, 0) is 0 Å².